The molecule has 90 valence electrons. The van der Waals surface area contributed by atoms with Crippen molar-refractivity contribution in [3.63, 3.8) is 0 Å². The van der Waals surface area contributed by atoms with Gasteiger partial charge in [0.05, 0.1) is 10.5 Å². The van der Waals surface area contributed by atoms with Gasteiger partial charge < -0.3 is 10.6 Å². The van der Waals surface area contributed by atoms with E-state index in [2.05, 4.69) is 26.6 Å². The van der Waals surface area contributed by atoms with Crippen molar-refractivity contribution in [2.75, 3.05) is 19.6 Å². The van der Waals surface area contributed by atoms with Crippen molar-refractivity contribution in [2.45, 2.75) is 6.04 Å². The summed E-state index contributed by atoms with van der Waals surface area (Å²) >= 11 is 3.06. The second kappa shape index (κ2) is 5.91. The van der Waals surface area contributed by atoms with Gasteiger partial charge >= 0.3 is 0 Å². The SMILES string of the molecule is Cl.Fc1ccc(Br)c(F)c1[C@H]1CNCCN1. The van der Waals surface area contributed by atoms with E-state index < -0.39 is 11.6 Å². The maximum Gasteiger partial charge on any atom is 0.145 e. The summed E-state index contributed by atoms with van der Waals surface area (Å²) in [6.07, 6.45) is 0. The number of rotatable bonds is 1. The fourth-order valence-corrected chi connectivity index (χ4v) is 2.07. The zero-order valence-corrected chi connectivity index (χ0v) is 10.8. The van der Waals surface area contributed by atoms with Crippen LogP contribution < -0.4 is 10.6 Å². The summed E-state index contributed by atoms with van der Waals surface area (Å²) in [4.78, 5) is 0. The smallest absolute Gasteiger partial charge is 0.145 e. The monoisotopic (exact) mass is 312 g/mol. The minimum atomic E-state index is -0.517. The van der Waals surface area contributed by atoms with Crippen molar-refractivity contribution in [1.29, 1.82) is 0 Å². The predicted octanol–water partition coefficient (Wildman–Crippen LogP) is 2.38. The maximum absolute atomic E-state index is 13.7. The van der Waals surface area contributed by atoms with E-state index in [1.54, 1.807) is 0 Å². The van der Waals surface area contributed by atoms with Gasteiger partial charge in [-0.2, -0.15) is 0 Å². The van der Waals surface area contributed by atoms with E-state index in [1.807, 2.05) is 0 Å². The van der Waals surface area contributed by atoms with E-state index in [1.165, 1.54) is 12.1 Å². The molecule has 2 nitrogen and oxygen atoms in total. The molecule has 6 heteroatoms. The lowest BCUT2D eigenvalue weighted by Crippen LogP contribution is -2.43. The van der Waals surface area contributed by atoms with Crippen LogP contribution in [-0.4, -0.2) is 19.6 Å². The van der Waals surface area contributed by atoms with Crippen LogP contribution in [0.2, 0.25) is 0 Å². The second-order valence-corrected chi connectivity index (χ2v) is 4.32. The highest BCUT2D eigenvalue weighted by atomic mass is 79.9. The first kappa shape index (κ1) is 13.8. The first-order chi connectivity index (χ1) is 7.20. The number of piperazine rings is 1. The highest BCUT2D eigenvalue weighted by Crippen LogP contribution is 2.26. The molecule has 0 unspecified atom stereocenters. The lowest BCUT2D eigenvalue weighted by molar-refractivity contribution is 0.400. The Labute approximate surface area is 107 Å². The maximum atomic E-state index is 13.7. The molecule has 2 rings (SSSR count). The lowest BCUT2D eigenvalue weighted by Gasteiger charge is -2.25. The van der Waals surface area contributed by atoms with Gasteiger partial charge in [-0.15, -0.1) is 12.4 Å². The summed E-state index contributed by atoms with van der Waals surface area (Å²) in [6.45, 7) is 2.09. The van der Waals surface area contributed by atoms with Crippen LogP contribution in [0, 0.1) is 11.6 Å². The summed E-state index contributed by atoms with van der Waals surface area (Å²) in [5, 5.41) is 6.18. The van der Waals surface area contributed by atoms with Crippen molar-refractivity contribution >= 4 is 28.3 Å². The minimum absolute atomic E-state index is 0. The van der Waals surface area contributed by atoms with E-state index in [-0.39, 0.29) is 24.0 Å². The standard InChI is InChI=1S/C10H11BrF2N2.ClH/c11-6-1-2-7(12)9(10(6)13)8-5-14-3-4-15-8;/h1-2,8,14-15H,3-5H2;1H/t8-;/m1./s1. The normalized spacial score (nSPS) is 20.3. The highest BCUT2D eigenvalue weighted by Gasteiger charge is 2.23. The summed E-state index contributed by atoms with van der Waals surface area (Å²) in [7, 11) is 0. The molecule has 0 saturated carbocycles. The highest BCUT2D eigenvalue weighted by molar-refractivity contribution is 9.10. The first-order valence-electron chi connectivity index (χ1n) is 4.77. The molecule has 0 radical (unpaired) electrons. The molecular weight excluding hydrogens is 301 g/mol. The molecule has 1 atom stereocenters. The minimum Gasteiger partial charge on any atom is -0.314 e. The van der Waals surface area contributed by atoms with Gasteiger partial charge in [0.1, 0.15) is 11.6 Å². The summed E-state index contributed by atoms with van der Waals surface area (Å²) in [5.74, 6) is -1.02. The van der Waals surface area contributed by atoms with Crippen LogP contribution in [0.3, 0.4) is 0 Å². The Bertz CT molecular complexity index is 370. The summed E-state index contributed by atoms with van der Waals surface area (Å²) < 4.78 is 27.5. The van der Waals surface area contributed by atoms with E-state index in [0.717, 1.165) is 13.1 Å². The molecule has 0 bridgehead atoms. The van der Waals surface area contributed by atoms with Gasteiger partial charge in [-0.1, -0.05) is 0 Å². The van der Waals surface area contributed by atoms with Crippen LogP contribution in [0.25, 0.3) is 0 Å². The molecule has 2 N–H and O–H groups in total. The Hall–Kier alpha value is -0.230. The first-order valence-corrected chi connectivity index (χ1v) is 5.57. The van der Waals surface area contributed by atoms with Crippen molar-refractivity contribution < 1.29 is 8.78 Å². The topological polar surface area (TPSA) is 24.1 Å². The molecule has 16 heavy (non-hydrogen) atoms. The molecule has 1 aliphatic rings. The third-order valence-electron chi connectivity index (χ3n) is 2.47. The van der Waals surface area contributed by atoms with Gasteiger partial charge in [0.15, 0.2) is 0 Å². The van der Waals surface area contributed by atoms with Crippen LogP contribution in [0.1, 0.15) is 11.6 Å². The average molecular weight is 314 g/mol. The van der Waals surface area contributed by atoms with E-state index in [9.17, 15) is 8.78 Å². The molecule has 1 aromatic carbocycles. The van der Waals surface area contributed by atoms with E-state index in [4.69, 9.17) is 0 Å². The van der Waals surface area contributed by atoms with Crippen LogP contribution in [0.5, 0.6) is 0 Å². The van der Waals surface area contributed by atoms with Gasteiger partial charge in [-0.05, 0) is 28.1 Å². The Kier molecular flexibility index (Phi) is 5.11. The molecule has 1 saturated heterocycles. The number of halogens is 4. The summed E-state index contributed by atoms with van der Waals surface area (Å²) in [5.41, 5.74) is 0.108. The zero-order valence-electron chi connectivity index (χ0n) is 8.40. The fraction of sp³-hybridized carbons (Fsp3) is 0.400. The van der Waals surface area contributed by atoms with Crippen LogP contribution in [0.15, 0.2) is 16.6 Å². The van der Waals surface area contributed by atoms with Crippen molar-refractivity contribution in [1.82, 2.24) is 10.6 Å². The molecule has 0 aromatic heterocycles. The number of hydrogen-bond acceptors (Lipinski definition) is 2. The zero-order chi connectivity index (χ0) is 10.8. The molecule has 1 fully saturated rings. The van der Waals surface area contributed by atoms with Gasteiger partial charge in [0.2, 0.25) is 0 Å². The third-order valence-corrected chi connectivity index (χ3v) is 3.08. The predicted molar refractivity (Wildman–Crippen MR) is 64.9 cm³/mol. The quantitative estimate of drug-likeness (QED) is 0.778. The third kappa shape index (κ3) is 2.71. The fourth-order valence-electron chi connectivity index (χ4n) is 1.72. The van der Waals surface area contributed by atoms with Gasteiger partial charge in [0, 0.05) is 25.2 Å². The molecule has 0 spiro atoms. The molecule has 0 amide bonds. The molecule has 1 heterocycles. The van der Waals surface area contributed by atoms with Crippen molar-refractivity contribution in [2.24, 2.45) is 0 Å². The van der Waals surface area contributed by atoms with E-state index in [0.29, 0.717) is 11.0 Å². The molecule has 1 aliphatic heterocycles. The Morgan fingerprint density at radius 1 is 1.25 bits per heavy atom. The van der Waals surface area contributed by atoms with Gasteiger partial charge in [0.25, 0.3) is 0 Å². The summed E-state index contributed by atoms with van der Waals surface area (Å²) in [6, 6.07) is 2.36. The Morgan fingerprint density at radius 3 is 2.62 bits per heavy atom. The second-order valence-electron chi connectivity index (χ2n) is 3.47. The van der Waals surface area contributed by atoms with Crippen LogP contribution in [-0.2, 0) is 0 Å². The molecule has 0 aliphatic carbocycles. The average Bonchev–Trinajstić information content (AvgIpc) is 2.26. The number of benzene rings is 1. The van der Waals surface area contributed by atoms with Gasteiger partial charge in [-0.25, -0.2) is 8.78 Å². The Morgan fingerprint density at radius 2 is 2.00 bits per heavy atom. The lowest BCUT2D eigenvalue weighted by atomic mass is 10.0. The largest absolute Gasteiger partial charge is 0.314 e. The van der Waals surface area contributed by atoms with Gasteiger partial charge in [-0.3, -0.25) is 0 Å². The van der Waals surface area contributed by atoms with Crippen LogP contribution >= 0.6 is 28.3 Å². The van der Waals surface area contributed by atoms with Crippen LogP contribution in [0.4, 0.5) is 8.78 Å². The number of hydrogen-bond donors (Lipinski definition) is 2. The Balaban J connectivity index is 0.00000128. The van der Waals surface area contributed by atoms with Crippen molar-refractivity contribution in [3.05, 3.63) is 33.8 Å². The van der Waals surface area contributed by atoms with Crippen molar-refractivity contribution in [3.8, 4) is 0 Å². The molecular formula is C10H12BrClF2N2. The molecule has 1 aromatic rings. The van der Waals surface area contributed by atoms with E-state index >= 15 is 0 Å². The number of nitrogens with one attached hydrogen (secondary N) is 2.